The summed E-state index contributed by atoms with van der Waals surface area (Å²) < 4.78 is 0. The van der Waals surface area contributed by atoms with Crippen LogP contribution in [0, 0.1) is 5.92 Å². The first kappa shape index (κ1) is 22.6. The molecule has 1 amide bonds. The van der Waals surface area contributed by atoms with Crippen LogP contribution in [0.15, 0.2) is 60.3 Å². The Kier molecular flexibility index (Phi) is 6.24. The summed E-state index contributed by atoms with van der Waals surface area (Å²) in [5, 5.41) is 4.77. The van der Waals surface area contributed by atoms with Crippen molar-refractivity contribution in [3.63, 3.8) is 0 Å². The number of benzene rings is 2. The fourth-order valence-electron chi connectivity index (χ4n) is 6.76. The van der Waals surface area contributed by atoms with Crippen molar-refractivity contribution in [3.05, 3.63) is 77.0 Å². The molecule has 182 valence electrons. The average molecular weight is 468 g/mol. The summed E-state index contributed by atoms with van der Waals surface area (Å²) in [6.07, 6.45) is 10.2. The number of aromatic nitrogens is 1. The summed E-state index contributed by atoms with van der Waals surface area (Å²) in [5.74, 6) is 1.60. The predicted octanol–water partition coefficient (Wildman–Crippen LogP) is 6.05. The minimum absolute atomic E-state index is 0.154. The normalized spacial score (nSPS) is 23.6. The van der Waals surface area contributed by atoms with E-state index in [2.05, 4.69) is 76.9 Å². The number of likely N-dealkylation sites (tertiary alicyclic amines) is 1. The summed E-state index contributed by atoms with van der Waals surface area (Å²) in [6.45, 7) is 5.73. The predicted molar refractivity (Wildman–Crippen MR) is 143 cm³/mol. The number of rotatable bonds is 5. The second-order valence-corrected chi connectivity index (χ2v) is 11.0. The number of fused-ring (bicyclic) bond motifs is 2. The number of carbonyl (C=O) groups is 1. The number of carbonyl (C=O) groups excluding carboxylic acids is 1. The molecule has 0 unspecified atom stereocenters. The van der Waals surface area contributed by atoms with Crippen molar-refractivity contribution < 1.29 is 4.79 Å². The second-order valence-electron chi connectivity index (χ2n) is 11.0. The Morgan fingerprint density at radius 1 is 0.971 bits per heavy atom. The Labute approximate surface area is 208 Å². The minimum atomic E-state index is 0.154. The van der Waals surface area contributed by atoms with Crippen LogP contribution in [-0.4, -0.2) is 41.5 Å². The van der Waals surface area contributed by atoms with E-state index in [1.54, 1.807) is 0 Å². The quantitative estimate of drug-likeness (QED) is 0.480. The smallest absolute Gasteiger partial charge is 0.248 e. The number of nitrogens with zero attached hydrogens (tertiary/aromatic N) is 1. The van der Waals surface area contributed by atoms with E-state index in [-0.39, 0.29) is 5.91 Å². The zero-order valence-electron chi connectivity index (χ0n) is 20.9. The number of para-hydroxylation sites is 1. The maximum absolute atomic E-state index is 13.0. The first-order valence-corrected chi connectivity index (χ1v) is 13.5. The molecule has 2 heterocycles. The Morgan fingerprint density at radius 3 is 2.51 bits per heavy atom. The van der Waals surface area contributed by atoms with Gasteiger partial charge in [0.1, 0.15) is 0 Å². The summed E-state index contributed by atoms with van der Waals surface area (Å²) in [4.78, 5) is 19.2. The van der Waals surface area contributed by atoms with E-state index >= 15 is 0 Å². The lowest BCUT2D eigenvalue weighted by atomic mass is 9.84. The van der Waals surface area contributed by atoms with E-state index < -0.39 is 0 Å². The lowest BCUT2D eigenvalue weighted by Gasteiger charge is -2.36. The summed E-state index contributed by atoms with van der Waals surface area (Å²) in [6, 6.07) is 17.4. The molecule has 2 fully saturated rings. The number of piperidine rings is 1. The van der Waals surface area contributed by atoms with E-state index in [4.69, 9.17) is 0 Å². The average Bonchev–Trinajstić information content (AvgIpc) is 3.47. The van der Waals surface area contributed by atoms with Crippen LogP contribution in [0.3, 0.4) is 0 Å². The lowest BCUT2D eigenvalue weighted by Crippen LogP contribution is -2.41. The number of H-pyrrole nitrogens is 1. The van der Waals surface area contributed by atoms with Gasteiger partial charge in [-0.1, -0.05) is 42.5 Å². The van der Waals surface area contributed by atoms with Gasteiger partial charge in [0.25, 0.3) is 0 Å². The van der Waals surface area contributed by atoms with E-state index in [9.17, 15) is 4.79 Å². The van der Waals surface area contributed by atoms with Crippen molar-refractivity contribution in [2.45, 2.75) is 63.8 Å². The van der Waals surface area contributed by atoms with Gasteiger partial charge in [0.05, 0.1) is 0 Å². The number of hydrogen-bond acceptors (Lipinski definition) is 2. The molecule has 4 nitrogen and oxygen atoms in total. The maximum atomic E-state index is 13.0. The zero-order chi connectivity index (χ0) is 23.8. The van der Waals surface area contributed by atoms with Crippen LogP contribution in [0.2, 0.25) is 0 Å². The van der Waals surface area contributed by atoms with E-state index in [1.807, 2.05) is 0 Å². The Hall–Kier alpha value is -2.85. The molecule has 0 spiro atoms. The molecule has 4 heteroatoms. The largest absolute Gasteiger partial charge is 0.361 e. The van der Waals surface area contributed by atoms with Gasteiger partial charge in [0.15, 0.2) is 0 Å². The van der Waals surface area contributed by atoms with E-state index in [0.29, 0.717) is 12.0 Å². The fraction of sp³-hybridized carbons (Fsp3) is 0.452. The summed E-state index contributed by atoms with van der Waals surface area (Å²) in [5.41, 5.74) is 7.42. The molecule has 35 heavy (non-hydrogen) atoms. The third-order valence-electron chi connectivity index (χ3n) is 8.86. The van der Waals surface area contributed by atoms with Gasteiger partial charge >= 0.3 is 0 Å². The number of allylic oxidation sites excluding steroid dienone is 1. The van der Waals surface area contributed by atoms with Gasteiger partial charge in [0.2, 0.25) is 5.91 Å². The second kappa shape index (κ2) is 9.66. The number of aromatic amines is 1. The van der Waals surface area contributed by atoms with Crippen LogP contribution in [0.4, 0.5) is 0 Å². The van der Waals surface area contributed by atoms with Crippen molar-refractivity contribution >= 4 is 22.4 Å². The number of hydrogen-bond donors (Lipinski definition) is 2. The SMILES string of the molecule is CC1=C(C(=O)NC2CCC(CN3CCC(c4c[nH]c5ccccc45)CC3)CC2)Cc2ccccc21. The minimum Gasteiger partial charge on any atom is -0.361 e. The van der Waals surface area contributed by atoms with Crippen molar-refractivity contribution in [3.8, 4) is 0 Å². The molecule has 1 saturated heterocycles. The Bertz CT molecular complexity index is 1240. The molecule has 1 aliphatic heterocycles. The van der Waals surface area contributed by atoms with Crippen molar-refractivity contribution in [1.82, 2.24) is 15.2 Å². The topological polar surface area (TPSA) is 48.1 Å². The monoisotopic (exact) mass is 467 g/mol. The van der Waals surface area contributed by atoms with Gasteiger partial charge in [-0.25, -0.2) is 0 Å². The maximum Gasteiger partial charge on any atom is 0.248 e. The third kappa shape index (κ3) is 4.56. The number of amides is 1. The van der Waals surface area contributed by atoms with Gasteiger partial charge in [0, 0.05) is 41.7 Å². The highest BCUT2D eigenvalue weighted by Gasteiger charge is 2.29. The molecular formula is C31H37N3O. The Balaban J connectivity index is 0.963. The van der Waals surface area contributed by atoms with Gasteiger partial charge in [-0.2, -0.15) is 0 Å². The molecule has 1 saturated carbocycles. The summed E-state index contributed by atoms with van der Waals surface area (Å²) in [7, 11) is 0. The molecule has 0 radical (unpaired) electrons. The van der Waals surface area contributed by atoms with E-state index in [1.165, 1.54) is 72.9 Å². The standard InChI is InChI=1S/C31H37N3O/c1-21-26-7-3-2-6-24(26)18-28(21)31(35)33-25-12-10-22(11-13-25)20-34-16-14-23(15-17-34)29-19-32-30-9-5-4-8-27(29)30/h2-9,19,22-23,25,32H,10-18,20H2,1H3,(H,33,35). The van der Waals surface area contributed by atoms with Crippen LogP contribution in [0.5, 0.6) is 0 Å². The van der Waals surface area contributed by atoms with Crippen molar-refractivity contribution in [1.29, 1.82) is 0 Å². The van der Waals surface area contributed by atoms with Crippen LogP contribution < -0.4 is 5.32 Å². The molecule has 3 aromatic rings. The van der Waals surface area contributed by atoms with Gasteiger partial charge < -0.3 is 15.2 Å². The molecule has 6 rings (SSSR count). The van der Waals surface area contributed by atoms with Crippen LogP contribution in [-0.2, 0) is 11.2 Å². The highest BCUT2D eigenvalue weighted by Crippen LogP contribution is 2.35. The summed E-state index contributed by atoms with van der Waals surface area (Å²) >= 11 is 0. The molecule has 2 N–H and O–H groups in total. The Morgan fingerprint density at radius 2 is 1.71 bits per heavy atom. The lowest BCUT2D eigenvalue weighted by molar-refractivity contribution is -0.118. The molecule has 3 aliphatic rings. The molecule has 0 atom stereocenters. The highest BCUT2D eigenvalue weighted by atomic mass is 16.1. The fourth-order valence-corrected chi connectivity index (χ4v) is 6.76. The molecule has 2 aromatic carbocycles. The van der Waals surface area contributed by atoms with Crippen LogP contribution >= 0.6 is 0 Å². The first-order chi connectivity index (χ1) is 17.2. The molecule has 0 bridgehead atoms. The van der Waals surface area contributed by atoms with Gasteiger partial charge in [-0.05, 0) is 98.7 Å². The molecular weight excluding hydrogens is 430 g/mol. The molecule has 1 aromatic heterocycles. The van der Waals surface area contributed by atoms with Crippen LogP contribution in [0.25, 0.3) is 16.5 Å². The molecule has 2 aliphatic carbocycles. The third-order valence-corrected chi connectivity index (χ3v) is 8.86. The van der Waals surface area contributed by atoms with Crippen LogP contribution in [0.1, 0.15) is 68.1 Å². The van der Waals surface area contributed by atoms with Crippen molar-refractivity contribution in [2.24, 2.45) is 5.92 Å². The van der Waals surface area contributed by atoms with Gasteiger partial charge in [-0.3, -0.25) is 4.79 Å². The number of nitrogens with one attached hydrogen (secondary N) is 2. The van der Waals surface area contributed by atoms with Gasteiger partial charge in [-0.15, -0.1) is 0 Å². The van der Waals surface area contributed by atoms with E-state index in [0.717, 1.165) is 36.3 Å². The highest BCUT2D eigenvalue weighted by molar-refractivity contribution is 6.03. The zero-order valence-corrected chi connectivity index (χ0v) is 20.9. The first-order valence-electron chi connectivity index (χ1n) is 13.5. The van der Waals surface area contributed by atoms with Crippen molar-refractivity contribution in [2.75, 3.05) is 19.6 Å².